The molecule has 1 saturated carbocycles. The van der Waals surface area contributed by atoms with Gasteiger partial charge >= 0.3 is 0 Å². The van der Waals surface area contributed by atoms with Crippen LogP contribution in [-0.2, 0) is 0 Å². The van der Waals surface area contributed by atoms with Crippen molar-refractivity contribution in [3.8, 4) is 28.8 Å². The highest BCUT2D eigenvalue weighted by Gasteiger charge is 2.26. The molecule has 0 aliphatic heterocycles. The Morgan fingerprint density at radius 3 is 2.71 bits per heavy atom. The summed E-state index contributed by atoms with van der Waals surface area (Å²) in [6, 6.07) is 9.23. The molecular weight excluding hydrogens is 444 g/mol. The van der Waals surface area contributed by atoms with Crippen LogP contribution in [0.15, 0.2) is 60.3 Å². The fourth-order valence-electron chi connectivity index (χ4n) is 4.21. The van der Waals surface area contributed by atoms with Gasteiger partial charge in [-0.1, -0.05) is 6.07 Å². The van der Waals surface area contributed by atoms with Crippen molar-refractivity contribution in [3.05, 3.63) is 71.6 Å². The van der Waals surface area contributed by atoms with Gasteiger partial charge in [0, 0.05) is 24.2 Å². The molecule has 10 heteroatoms. The summed E-state index contributed by atoms with van der Waals surface area (Å²) < 4.78 is 10.9. The molecule has 0 unspecified atom stereocenters. The van der Waals surface area contributed by atoms with Crippen molar-refractivity contribution in [1.82, 2.24) is 38.9 Å². The Bertz CT molecular complexity index is 1610. The summed E-state index contributed by atoms with van der Waals surface area (Å²) in [5.74, 6) is 2.25. The summed E-state index contributed by atoms with van der Waals surface area (Å²) in [6.07, 6.45) is 9.28. The van der Waals surface area contributed by atoms with Gasteiger partial charge in [-0.2, -0.15) is 0 Å². The van der Waals surface area contributed by atoms with Gasteiger partial charge in [-0.15, -0.1) is 10.2 Å². The monoisotopic (exact) mass is 468 g/mol. The van der Waals surface area contributed by atoms with Crippen LogP contribution in [-0.4, -0.2) is 46.0 Å². The minimum atomic E-state index is -0.226. The van der Waals surface area contributed by atoms with Crippen LogP contribution in [0.4, 0.5) is 0 Å². The second-order valence-electron chi connectivity index (χ2n) is 8.98. The van der Waals surface area contributed by atoms with Crippen molar-refractivity contribution in [3.63, 3.8) is 0 Å². The highest BCUT2D eigenvalue weighted by molar-refractivity contribution is 5.83. The molecule has 35 heavy (non-hydrogen) atoms. The summed E-state index contributed by atoms with van der Waals surface area (Å²) in [7, 11) is 1.61. The molecule has 0 N–H and O–H groups in total. The minimum absolute atomic E-state index is 0.174. The fourth-order valence-corrected chi connectivity index (χ4v) is 4.21. The number of fused-ring (bicyclic) bond motifs is 1. The van der Waals surface area contributed by atoms with Gasteiger partial charge in [-0.05, 0) is 44.9 Å². The maximum atomic E-state index is 13.6. The van der Waals surface area contributed by atoms with Crippen LogP contribution in [0.2, 0.25) is 0 Å². The number of nitrogens with zero attached hydrogens (tertiary/aromatic N) is 8. The molecule has 0 radical (unpaired) electrons. The number of aromatic nitrogens is 8. The van der Waals surface area contributed by atoms with Gasteiger partial charge in [-0.3, -0.25) is 9.36 Å². The third-order valence-electron chi connectivity index (χ3n) is 6.27. The molecule has 0 spiro atoms. The normalized spacial score (nSPS) is 13.6. The predicted molar refractivity (Wildman–Crippen MR) is 130 cm³/mol. The first kappa shape index (κ1) is 21.2. The largest absolute Gasteiger partial charge is 0.494 e. The molecule has 1 aliphatic rings. The Kier molecular flexibility index (Phi) is 4.94. The Labute approximate surface area is 200 Å². The van der Waals surface area contributed by atoms with E-state index in [0.717, 1.165) is 11.4 Å². The van der Waals surface area contributed by atoms with Crippen LogP contribution in [0.1, 0.15) is 44.3 Å². The van der Waals surface area contributed by atoms with Gasteiger partial charge in [0.1, 0.15) is 29.9 Å². The first-order chi connectivity index (χ1) is 17.0. The SMILES string of the molecule is COc1cc2ncn(-c3cccc(-c4nncn4C(C)C)n3)c(=O)c2cc1-n1cnc(C2CC2)c1. The van der Waals surface area contributed by atoms with Crippen molar-refractivity contribution < 1.29 is 4.74 Å². The summed E-state index contributed by atoms with van der Waals surface area (Å²) in [5.41, 5.74) is 2.75. The average molecular weight is 469 g/mol. The highest BCUT2D eigenvalue weighted by atomic mass is 16.5. The molecule has 0 amide bonds. The summed E-state index contributed by atoms with van der Waals surface area (Å²) >= 11 is 0. The second kappa shape index (κ2) is 8.15. The third kappa shape index (κ3) is 3.67. The zero-order valence-corrected chi connectivity index (χ0v) is 19.7. The average Bonchev–Trinajstić information content (AvgIpc) is 3.39. The Morgan fingerprint density at radius 2 is 1.94 bits per heavy atom. The lowest BCUT2D eigenvalue weighted by Gasteiger charge is -2.13. The van der Waals surface area contributed by atoms with E-state index in [1.165, 1.54) is 23.7 Å². The maximum Gasteiger partial charge on any atom is 0.267 e. The zero-order chi connectivity index (χ0) is 24.1. The van der Waals surface area contributed by atoms with Crippen LogP contribution in [0.25, 0.3) is 33.9 Å². The number of hydrogen-bond acceptors (Lipinski definition) is 7. The van der Waals surface area contributed by atoms with Crippen molar-refractivity contribution in [2.45, 2.75) is 38.6 Å². The lowest BCUT2D eigenvalue weighted by atomic mass is 10.2. The van der Waals surface area contributed by atoms with Gasteiger partial charge in [0.05, 0.1) is 35.7 Å². The Morgan fingerprint density at radius 1 is 1.09 bits per heavy atom. The Hall–Kier alpha value is -4.34. The van der Waals surface area contributed by atoms with Crippen LogP contribution in [0, 0.1) is 0 Å². The van der Waals surface area contributed by atoms with Gasteiger partial charge in [0.25, 0.3) is 5.56 Å². The van der Waals surface area contributed by atoms with Gasteiger partial charge in [0.15, 0.2) is 5.82 Å². The maximum absolute atomic E-state index is 13.6. The number of imidazole rings is 1. The van der Waals surface area contributed by atoms with E-state index in [4.69, 9.17) is 9.72 Å². The van der Waals surface area contributed by atoms with Crippen molar-refractivity contribution in [1.29, 1.82) is 0 Å². The molecule has 4 heterocycles. The van der Waals surface area contributed by atoms with Crippen molar-refractivity contribution >= 4 is 10.9 Å². The molecule has 176 valence electrons. The number of rotatable bonds is 6. The van der Waals surface area contributed by atoms with Crippen LogP contribution < -0.4 is 10.3 Å². The number of ether oxygens (including phenoxy) is 1. The standard InChI is InChI=1S/C25H24N8O2/c1-15(2)32-14-28-30-24(32)18-5-4-6-23(29-18)33-13-27-19-10-22(35-3)21(9-17(19)25(33)34)31-11-20(26-12-31)16-7-8-16/h4-6,9-16H,7-8H2,1-3H3. The highest BCUT2D eigenvalue weighted by Crippen LogP contribution is 2.39. The van der Waals surface area contributed by atoms with Crippen LogP contribution in [0.5, 0.6) is 5.75 Å². The number of pyridine rings is 1. The molecule has 0 saturated heterocycles. The molecule has 1 fully saturated rings. The van der Waals surface area contributed by atoms with Crippen LogP contribution in [0.3, 0.4) is 0 Å². The number of hydrogen-bond donors (Lipinski definition) is 0. The van der Waals surface area contributed by atoms with E-state index in [9.17, 15) is 4.79 Å². The van der Waals surface area contributed by atoms with E-state index in [2.05, 4.69) is 20.2 Å². The third-order valence-corrected chi connectivity index (χ3v) is 6.27. The molecular formula is C25H24N8O2. The smallest absolute Gasteiger partial charge is 0.267 e. The quantitative estimate of drug-likeness (QED) is 0.374. The molecule has 0 atom stereocenters. The van der Waals surface area contributed by atoms with E-state index in [0.29, 0.717) is 39.9 Å². The van der Waals surface area contributed by atoms with Crippen LogP contribution >= 0.6 is 0 Å². The second-order valence-corrected chi connectivity index (χ2v) is 8.98. The molecule has 1 aromatic carbocycles. The lowest BCUT2D eigenvalue weighted by Crippen LogP contribution is -2.20. The van der Waals surface area contributed by atoms with E-state index in [1.54, 1.807) is 38.0 Å². The zero-order valence-electron chi connectivity index (χ0n) is 19.7. The fraction of sp³-hybridized carbons (Fsp3) is 0.280. The van der Waals surface area contributed by atoms with E-state index in [1.807, 2.05) is 41.3 Å². The van der Waals surface area contributed by atoms with Gasteiger partial charge in [0.2, 0.25) is 0 Å². The minimum Gasteiger partial charge on any atom is -0.494 e. The molecule has 10 nitrogen and oxygen atoms in total. The summed E-state index contributed by atoms with van der Waals surface area (Å²) in [6.45, 7) is 4.10. The Balaban J connectivity index is 1.47. The molecule has 1 aliphatic carbocycles. The molecule has 5 aromatic rings. The molecule has 0 bridgehead atoms. The predicted octanol–water partition coefficient (Wildman–Crippen LogP) is 3.69. The lowest BCUT2D eigenvalue weighted by molar-refractivity contribution is 0.413. The van der Waals surface area contributed by atoms with Gasteiger partial charge in [-0.25, -0.2) is 15.0 Å². The molecule has 6 rings (SSSR count). The summed E-state index contributed by atoms with van der Waals surface area (Å²) in [4.78, 5) is 27.4. The van der Waals surface area contributed by atoms with Crippen molar-refractivity contribution in [2.75, 3.05) is 7.11 Å². The van der Waals surface area contributed by atoms with Crippen molar-refractivity contribution in [2.24, 2.45) is 0 Å². The van der Waals surface area contributed by atoms with Gasteiger partial charge < -0.3 is 13.9 Å². The number of methoxy groups -OCH3 is 1. The first-order valence-corrected chi connectivity index (χ1v) is 11.5. The topological polar surface area (TPSA) is 106 Å². The van der Waals surface area contributed by atoms with E-state index < -0.39 is 0 Å². The van der Waals surface area contributed by atoms with E-state index in [-0.39, 0.29) is 11.6 Å². The first-order valence-electron chi connectivity index (χ1n) is 11.5. The number of benzene rings is 1. The molecule has 4 aromatic heterocycles. The summed E-state index contributed by atoms with van der Waals surface area (Å²) in [5, 5.41) is 8.71. The van der Waals surface area contributed by atoms with E-state index >= 15 is 0 Å².